The topological polar surface area (TPSA) is 85.1 Å². The zero-order chi connectivity index (χ0) is 18.5. The SMILES string of the molecule is CCCc1sc(NC(=O)c2ccccc2[N+](=O)[O-])nc1-c1ccccc1. The number of carbonyl (C=O) groups is 1. The molecule has 3 rings (SSSR count). The number of thiazole rings is 1. The molecule has 7 heteroatoms. The van der Waals surface area contributed by atoms with Crippen LogP contribution in [0, 0.1) is 10.1 Å². The Bertz CT molecular complexity index is 938. The Morgan fingerprint density at radius 3 is 2.54 bits per heavy atom. The second-order valence-corrected chi connectivity index (χ2v) is 6.72. The molecule has 1 N–H and O–H groups in total. The van der Waals surface area contributed by atoms with Crippen LogP contribution in [0.1, 0.15) is 28.6 Å². The number of hydrogen-bond acceptors (Lipinski definition) is 5. The lowest BCUT2D eigenvalue weighted by Crippen LogP contribution is -2.13. The maximum atomic E-state index is 12.5. The molecule has 2 aromatic carbocycles. The molecule has 6 nitrogen and oxygen atoms in total. The van der Waals surface area contributed by atoms with E-state index in [9.17, 15) is 14.9 Å². The van der Waals surface area contributed by atoms with Gasteiger partial charge in [-0.25, -0.2) is 4.98 Å². The van der Waals surface area contributed by atoms with Gasteiger partial charge in [-0.3, -0.25) is 20.2 Å². The van der Waals surface area contributed by atoms with Crippen LogP contribution in [0.3, 0.4) is 0 Å². The largest absolute Gasteiger partial charge is 0.298 e. The number of amides is 1. The molecule has 0 unspecified atom stereocenters. The Morgan fingerprint density at radius 1 is 1.15 bits per heavy atom. The number of nitro benzene ring substituents is 1. The molecular weight excluding hydrogens is 350 g/mol. The van der Waals surface area contributed by atoms with E-state index in [-0.39, 0.29) is 11.3 Å². The highest BCUT2D eigenvalue weighted by Crippen LogP contribution is 2.32. The van der Waals surface area contributed by atoms with Gasteiger partial charge in [0.05, 0.1) is 10.6 Å². The van der Waals surface area contributed by atoms with Crippen LogP contribution in [0.2, 0.25) is 0 Å². The second kappa shape index (κ2) is 7.88. The Hall–Kier alpha value is -3.06. The lowest BCUT2D eigenvalue weighted by molar-refractivity contribution is -0.385. The molecule has 0 saturated carbocycles. The highest BCUT2D eigenvalue weighted by Gasteiger charge is 2.21. The highest BCUT2D eigenvalue weighted by atomic mass is 32.1. The van der Waals surface area contributed by atoms with Crippen molar-refractivity contribution in [2.45, 2.75) is 19.8 Å². The quantitative estimate of drug-likeness (QED) is 0.495. The number of benzene rings is 2. The van der Waals surface area contributed by atoms with Crippen LogP contribution >= 0.6 is 11.3 Å². The number of nitro groups is 1. The summed E-state index contributed by atoms with van der Waals surface area (Å²) in [7, 11) is 0. The average molecular weight is 367 g/mol. The Morgan fingerprint density at radius 2 is 1.85 bits per heavy atom. The first kappa shape index (κ1) is 17.8. The van der Waals surface area contributed by atoms with E-state index >= 15 is 0 Å². The lowest BCUT2D eigenvalue weighted by atomic mass is 10.1. The lowest BCUT2D eigenvalue weighted by Gasteiger charge is -2.02. The molecule has 3 aromatic rings. The standard InChI is InChI=1S/C19H17N3O3S/c1-2-8-16-17(13-9-4-3-5-10-13)20-19(26-16)21-18(23)14-11-6-7-12-15(14)22(24)25/h3-7,9-12H,2,8H2,1H3,(H,20,21,23). The molecule has 1 aromatic heterocycles. The summed E-state index contributed by atoms with van der Waals surface area (Å²) in [5.74, 6) is -0.534. The van der Waals surface area contributed by atoms with Crippen LogP contribution in [0.25, 0.3) is 11.3 Å². The number of nitrogens with one attached hydrogen (secondary N) is 1. The highest BCUT2D eigenvalue weighted by molar-refractivity contribution is 7.16. The van der Waals surface area contributed by atoms with E-state index in [1.165, 1.54) is 29.5 Å². The number of carbonyl (C=O) groups excluding carboxylic acids is 1. The second-order valence-electron chi connectivity index (χ2n) is 5.64. The molecule has 0 aliphatic heterocycles. The summed E-state index contributed by atoms with van der Waals surface area (Å²) in [5, 5.41) is 14.3. The van der Waals surface area contributed by atoms with E-state index in [1.54, 1.807) is 6.07 Å². The molecule has 0 spiro atoms. The van der Waals surface area contributed by atoms with Crippen molar-refractivity contribution >= 4 is 28.1 Å². The van der Waals surface area contributed by atoms with Crippen molar-refractivity contribution in [3.8, 4) is 11.3 Å². The van der Waals surface area contributed by atoms with Crippen LogP contribution in [-0.2, 0) is 6.42 Å². The van der Waals surface area contributed by atoms with E-state index in [2.05, 4.69) is 17.2 Å². The summed E-state index contributed by atoms with van der Waals surface area (Å²) in [6, 6.07) is 15.6. The fraction of sp³-hybridized carbons (Fsp3) is 0.158. The molecule has 0 saturated heterocycles. The zero-order valence-electron chi connectivity index (χ0n) is 14.1. The van der Waals surface area contributed by atoms with Gasteiger partial charge in [0.2, 0.25) is 0 Å². The van der Waals surface area contributed by atoms with Crippen LogP contribution in [0.15, 0.2) is 54.6 Å². The van der Waals surface area contributed by atoms with Gasteiger partial charge in [-0.1, -0.05) is 55.8 Å². The minimum atomic E-state index is -0.561. The van der Waals surface area contributed by atoms with Gasteiger partial charge in [-0.05, 0) is 12.5 Å². The van der Waals surface area contributed by atoms with E-state index in [0.29, 0.717) is 5.13 Å². The third-order valence-corrected chi connectivity index (χ3v) is 4.82. The Labute approximate surface area is 154 Å². The Kier molecular flexibility index (Phi) is 5.38. The summed E-state index contributed by atoms with van der Waals surface area (Å²) in [5.41, 5.74) is 1.62. The fourth-order valence-electron chi connectivity index (χ4n) is 2.61. The maximum Gasteiger partial charge on any atom is 0.282 e. The third-order valence-electron chi connectivity index (χ3n) is 3.79. The van der Waals surface area contributed by atoms with Crippen LogP contribution in [0.4, 0.5) is 10.8 Å². The van der Waals surface area contributed by atoms with Crippen molar-refractivity contribution in [3.63, 3.8) is 0 Å². The number of nitrogens with zero attached hydrogens (tertiary/aromatic N) is 2. The molecule has 1 heterocycles. The minimum absolute atomic E-state index is 0.0194. The number of aromatic nitrogens is 1. The van der Waals surface area contributed by atoms with Gasteiger partial charge < -0.3 is 0 Å². The predicted octanol–water partition coefficient (Wildman–Crippen LogP) is 4.92. The van der Waals surface area contributed by atoms with Gasteiger partial charge in [0, 0.05) is 16.5 Å². The third kappa shape index (κ3) is 3.78. The molecule has 0 aliphatic carbocycles. The van der Waals surface area contributed by atoms with Crippen molar-refractivity contribution in [2.75, 3.05) is 5.32 Å². The van der Waals surface area contributed by atoms with Crippen LogP contribution in [0.5, 0.6) is 0 Å². The number of hydrogen-bond donors (Lipinski definition) is 1. The molecule has 0 bridgehead atoms. The monoisotopic (exact) mass is 367 g/mol. The van der Waals surface area contributed by atoms with E-state index < -0.39 is 10.8 Å². The van der Waals surface area contributed by atoms with Crippen molar-refractivity contribution in [3.05, 3.63) is 75.2 Å². The Balaban J connectivity index is 1.91. The number of anilines is 1. The van der Waals surface area contributed by atoms with E-state index in [4.69, 9.17) is 0 Å². The van der Waals surface area contributed by atoms with Crippen molar-refractivity contribution in [2.24, 2.45) is 0 Å². The molecule has 0 fully saturated rings. The van der Waals surface area contributed by atoms with Crippen LogP contribution in [-0.4, -0.2) is 15.8 Å². The normalized spacial score (nSPS) is 10.5. The minimum Gasteiger partial charge on any atom is -0.298 e. The summed E-state index contributed by atoms with van der Waals surface area (Å²) in [6.45, 7) is 2.08. The molecule has 0 radical (unpaired) electrons. The molecular formula is C19H17N3O3S. The van der Waals surface area contributed by atoms with Gasteiger partial charge in [0.15, 0.2) is 5.13 Å². The smallest absolute Gasteiger partial charge is 0.282 e. The number of rotatable bonds is 6. The number of aryl methyl sites for hydroxylation is 1. The first-order valence-electron chi connectivity index (χ1n) is 8.20. The summed E-state index contributed by atoms with van der Waals surface area (Å²) in [4.78, 5) is 28.7. The van der Waals surface area contributed by atoms with E-state index in [1.807, 2.05) is 30.3 Å². The average Bonchev–Trinajstić information content (AvgIpc) is 3.05. The summed E-state index contributed by atoms with van der Waals surface area (Å²) >= 11 is 1.40. The van der Waals surface area contributed by atoms with Gasteiger partial charge in [0.1, 0.15) is 5.56 Å². The molecule has 132 valence electrons. The van der Waals surface area contributed by atoms with Gasteiger partial charge in [0.25, 0.3) is 11.6 Å². The van der Waals surface area contributed by atoms with Gasteiger partial charge in [-0.2, -0.15) is 0 Å². The first-order valence-corrected chi connectivity index (χ1v) is 9.01. The molecule has 26 heavy (non-hydrogen) atoms. The molecule has 1 amide bonds. The maximum absolute atomic E-state index is 12.5. The fourth-order valence-corrected chi connectivity index (χ4v) is 3.69. The summed E-state index contributed by atoms with van der Waals surface area (Å²) in [6.07, 6.45) is 1.81. The molecule has 0 atom stereocenters. The summed E-state index contributed by atoms with van der Waals surface area (Å²) < 4.78 is 0. The van der Waals surface area contributed by atoms with E-state index in [0.717, 1.165) is 29.0 Å². The predicted molar refractivity (Wildman–Crippen MR) is 103 cm³/mol. The van der Waals surface area contributed by atoms with Gasteiger partial charge in [-0.15, -0.1) is 11.3 Å². The van der Waals surface area contributed by atoms with Crippen molar-refractivity contribution in [1.82, 2.24) is 4.98 Å². The number of para-hydroxylation sites is 1. The first-order chi connectivity index (χ1) is 12.6. The van der Waals surface area contributed by atoms with Crippen molar-refractivity contribution < 1.29 is 9.72 Å². The van der Waals surface area contributed by atoms with Crippen LogP contribution < -0.4 is 5.32 Å². The molecule has 0 aliphatic rings. The zero-order valence-corrected chi connectivity index (χ0v) is 15.0. The van der Waals surface area contributed by atoms with Crippen molar-refractivity contribution in [1.29, 1.82) is 0 Å². The van der Waals surface area contributed by atoms with Gasteiger partial charge >= 0.3 is 0 Å².